The summed E-state index contributed by atoms with van der Waals surface area (Å²) in [7, 11) is 0. The van der Waals surface area contributed by atoms with E-state index in [1.165, 1.54) is 16.3 Å². The molecule has 1 heterocycles. The van der Waals surface area contributed by atoms with Crippen LogP contribution >= 0.6 is 0 Å². The zero-order valence-electron chi connectivity index (χ0n) is 9.36. The van der Waals surface area contributed by atoms with Gasteiger partial charge in [0.15, 0.2) is 0 Å². The van der Waals surface area contributed by atoms with Crippen molar-refractivity contribution in [2.24, 2.45) is 0 Å². The monoisotopic (exact) mass is 208 g/mol. The number of hydrogen-bond donors (Lipinski definition) is 0. The van der Waals surface area contributed by atoms with Gasteiger partial charge in [0.2, 0.25) is 0 Å². The second-order valence-electron chi connectivity index (χ2n) is 4.15. The molecule has 2 aromatic carbocycles. The van der Waals surface area contributed by atoms with Gasteiger partial charge in [-0.15, -0.1) is 0 Å². The minimum absolute atomic E-state index is 1.03. The van der Waals surface area contributed by atoms with Crippen LogP contribution in [0.4, 0.5) is 0 Å². The third-order valence-electron chi connectivity index (χ3n) is 2.97. The first-order valence-electron chi connectivity index (χ1n) is 5.36. The topological polar surface area (TPSA) is 25.8 Å². The van der Waals surface area contributed by atoms with Crippen LogP contribution in [0, 0.1) is 13.8 Å². The van der Waals surface area contributed by atoms with E-state index in [1.807, 2.05) is 6.92 Å². The van der Waals surface area contributed by atoms with Crippen molar-refractivity contribution >= 4 is 21.7 Å². The number of hydrogen-bond acceptors (Lipinski definition) is 2. The lowest BCUT2D eigenvalue weighted by atomic mass is 10.0. The predicted molar refractivity (Wildman–Crippen MR) is 66.5 cm³/mol. The van der Waals surface area contributed by atoms with Crippen molar-refractivity contribution in [2.75, 3.05) is 0 Å². The van der Waals surface area contributed by atoms with Gasteiger partial charge < -0.3 is 0 Å². The molecule has 3 rings (SSSR count). The molecule has 0 aliphatic carbocycles. The molecule has 0 radical (unpaired) electrons. The number of aryl methyl sites for hydroxylation is 2. The summed E-state index contributed by atoms with van der Waals surface area (Å²) in [6.07, 6.45) is 1.64. The molecule has 1 aromatic heterocycles. The van der Waals surface area contributed by atoms with Crippen molar-refractivity contribution < 1.29 is 0 Å². The van der Waals surface area contributed by atoms with Gasteiger partial charge in [0.1, 0.15) is 6.33 Å². The van der Waals surface area contributed by atoms with Crippen LogP contribution in [0.3, 0.4) is 0 Å². The summed E-state index contributed by atoms with van der Waals surface area (Å²) in [5, 5.41) is 3.58. The molecule has 0 spiro atoms. The maximum absolute atomic E-state index is 4.39. The van der Waals surface area contributed by atoms with Crippen molar-refractivity contribution in [3.8, 4) is 0 Å². The largest absolute Gasteiger partial charge is 0.241 e. The summed E-state index contributed by atoms with van der Waals surface area (Å²) in [4.78, 5) is 8.61. The lowest BCUT2D eigenvalue weighted by molar-refractivity contribution is 1.15. The molecule has 16 heavy (non-hydrogen) atoms. The van der Waals surface area contributed by atoms with Crippen LogP contribution in [0.5, 0.6) is 0 Å². The van der Waals surface area contributed by atoms with E-state index in [2.05, 4.69) is 47.2 Å². The third-order valence-corrected chi connectivity index (χ3v) is 2.97. The average Bonchev–Trinajstić information content (AvgIpc) is 2.28. The van der Waals surface area contributed by atoms with Gasteiger partial charge in [-0.2, -0.15) is 0 Å². The minimum Gasteiger partial charge on any atom is -0.241 e. The molecule has 0 saturated carbocycles. The fourth-order valence-corrected chi connectivity index (χ4v) is 2.11. The lowest BCUT2D eigenvalue weighted by Crippen LogP contribution is -1.88. The number of fused-ring (bicyclic) bond motifs is 3. The Bertz CT molecular complexity index is 687. The lowest BCUT2D eigenvalue weighted by Gasteiger charge is -2.05. The first-order chi connectivity index (χ1) is 7.75. The van der Waals surface area contributed by atoms with Crippen LogP contribution in [-0.2, 0) is 0 Å². The highest BCUT2D eigenvalue weighted by atomic mass is 14.8. The van der Waals surface area contributed by atoms with Gasteiger partial charge in [0.05, 0.1) is 5.52 Å². The quantitative estimate of drug-likeness (QED) is 0.529. The van der Waals surface area contributed by atoms with Crippen LogP contribution < -0.4 is 0 Å². The molecule has 0 aliphatic rings. The predicted octanol–water partition coefficient (Wildman–Crippen LogP) is 3.40. The van der Waals surface area contributed by atoms with Gasteiger partial charge in [0.25, 0.3) is 0 Å². The van der Waals surface area contributed by atoms with Crippen molar-refractivity contribution in [3.63, 3.8) is 0 Å². The summed E-state index contributed by atoms with van der Waals surface area (Å²) in [6.45, 7) is 4.12. The molecule has 0 saturated heterocycles. The van der Waals surface area contributed by atoms with E-state index >= 15 is 0 Å². The van der Waals surface area contributed by atoms with E-state index in [-0.39, 0.29) is 0 Å². The van der Waals surface area contributed by atoms with Crippen LogP contribution in [0.2, 0.25) is 0 Å². The fraction of sp³-hybridized carbons (Fsp3) is 0.143. The Morgan fingerprint density at radius 3 is 2.56 bits per heavy atom. The van der Waals surface area contributed by atoms with Crippen molar-refractivity contribution in [2.45, 2.75) is 13.8 Å². The molecule has 0 fully saturated rings. The summed E-state index contributed by atoms with van der Waals surface area (Å²) in [6, 6.07) is 10.7. The normalized spacial score (nSPS) is 11.1. The Morgan fingerprint density at radius 2 is 1.69 bits per heavy atom. The van der Waals surface area contributed by atoms with Crippen LogP contribution in [-0.4, -0.2) is 9.97 Å². The Hall–Kier alpha value is -1.96. The van der Waals surface area contributed by atoms with Crippen molar-refractivity contribution in [1.29, 1.82) is 0 Å². The Balaban J connectivity index is 2.55. The maximum atomic E-state index is 4.39. The van der Waals surface area contributed by atoms with Gasteiger partial charge >= 0.3 is 0 Å². The zero-order valence-corrected chi connectivity index (χ0v) is 9.36. The van der Waals surface area contributed by atoms with Crippen molar-refractivity contribution in [1.82, 2.24) is 9.97 Å². The van der Waals surface area contributed by atoms with E-state index in [0.29, 0.717) is 0 Å². The molecule has 0 unspecified atom stereocenters. The van der Waals surface area contributed by atoms with E-state index in [4.69, 9.17) is 0 Å². The number of rotatable bonds is 0. The smallest absolute Gasteiger partial charge is 0.116 e. The highest BCUT2D eigenvalue weighted by Gasteiger charge is 2.03. The highest BCUT2D eigenvalue weighted by Crippen LogP contribution is 2.25. The molecule has 0 atom stereocenters. The van der Waals surface area contributed by atoms with Gasteiger partial charge in [-0.05, 0) is 19.2 Å². The van der Waals surface area contributed by atoms with Crippen LogP contribution in [0.1, 0.15) is 11.3 Å². The molecule has 3 aromatic rings. The molecule has 2 nitrogen and oxygen atoms in total. The average molecular weight is 208 g/mol. The van der Waals surface area contributed by atoms with E-state index in [1.54, 1.807) is 6.33 Å². The molecule has 2 heteroatoms. The molecule has 78 valence electrons. The summed E-state index contributed by atoms with van der Waals surface area (Å²) >= 11 is 0. The third kappa shape index (κ3) is 1.27. The first-order valence-corrected chi connectivity index (χ1v) is 5.36. The fourth-order valence-electron chi connectivity index (χ4n) is 2.11. The molecular formula is C14H12N2. The molecule has 0 amide bonds. The Kier molecular flexibility index (Phi) is 1.90. The van der Waals surface area contributed by atoms with Gasteiger partial charge in [-0.1, -0.05) is 35.9 Å². The second kappa shape index (κ2) is 3.27. The van der Waals surface area contributed by atoms with E-state index < -0.39 is 0 Å². The van der Waals surface area contributed by atoms with Crippen molar-refractivity contribution in [3.05, 3.63) is 47.9 Å². The molecular weight excluding hydrogens is 196 g/mol. The van der Waals surface area contributed by atoms with Crippen LogP contribution in [0.25, 0.3) is 21.7 Å². The van der Waals surface area contributed by atoms with E-state index in [0.717, 1.165) is 16.6 Å². The summed E-state index contributed by atoms with van der Waals surface area (Å²) in [5.74, 6) is 0. The molecule has 0 aliphatic heterocycles. The van der Waals surface area contributed by atoms with Gasteiger partial charge in [-0.25, -0.2) is 9.97 Å². The van der Waals surface area contributed by atoms with Gasteiger partial charge in [0, 0.05) is 16.5 Å². The summed E-state index contributed by atoms with van der Waals surface area (Å²) < 4.78 is 0. The molecule has 0 N–H and O–H groups in total. The second-order valence-corrected chi connectivity index (χ2v) is 4.15. The minimum atomic E-state index is 1.03. The number of benzene rings is 2. The molecule has 0 bridgehead atoms. The van der Waals surface area contributed by atoms with Crippen LogP contribution in [0.15, 0.2) is 36.7 Å². The van der Waals surface area contributed by atoms with Gasteiger partial charge in [-0.3, -0.25) is 0 Å². The SMILES string of the molecule is Cc1ccc2c(ccc3c(C)ncnc32)c1. The maximum Gasteiger partial charge on any atom is 0.116 e. The van der Waals surface area contributed by atoms with E-state index in [9.17, 15) is 0 Å². The first kappa shape index (κ1) is 9.28. The Morgan fingerprint density at radius 1 is 0.875 bits per heavy atom. The standard InChI is InChI=1S/C14H12N2/c1-9-3-5-13-11(7-9)4-6-12-10(2)15-8-16-14(12)13/h3-8H,1-2H3. The zero-order chi connectivity index (χ0) is 11.1. The number of nitrogens with zero attached hydrogens (tertiary/aromatic N) is 2. The number of aromatic nitrogens is 2. The highest BCUT2D eigenvalue weighted by molar-refractivity contribution is 6.05. The Labute approximate surface area is 94.0 Å². The summed E-state index contributed by atoms with van der Waals surface area (Å²) in [5.41, 5.74) is 3.36.